The molecule has 1 aliphatic heterocycles. The van der Waals surface area contributed by atoms with Gasteiger partial charge in [0, 0.05) is 10.8 Å². The lowest BCUT2D eigenvalue weighted by Crippen LogP contribution is -2.39. The molecule has 0 aliphatic carbocycles. The number of thioether (sulfide) groups is 1. The van der Waals surface area contributed by atoms with Gasteiger partial charge in [0.15, 0.2) is 5.17 Å². The highest BCUT2D eigenvalue weighted by Gasteiger charge is 2.27. The molecule has 0 saturated carbocycles. The zero-order valence-corrected chi connectivity index (χ0v) is 16.7. The van der Waals surface area contributed by atoms with E-state index in [9.17, 15) is 9.59 Å². The van der Waals surface area contributed by atoms with E-state index in [1.807, 2.05) is 12.3 Å². The second kappa shape index (κ2) is 7.46. The van der Waals surface area contributed by atoms with E-state index in [4.69, 9.17) is 11.6 Å². The average Bonchev–Trinajstić information content (AvgIpc) is 3.29. The molecule has 1 aromatic carbocycles. The number of amidine groups is 1. The number of anilines is 1. The molecular formula is C18H15ClN4O2S2. The van der Waals surface area contributed by atoms with Crippen LogP contribution in [0.5, 0.6) is 0 Å². The first-order valence-corrected chi connectivity index (χ1v) is 10.5. The second-order valence-electron chi connectivity index (χ2n) is 6.09. The van der Waals surface area contributed by atoms with Crippen LogP contribution >= 0.6 is 34.7 Å². The van der Waals surface area contributed by atoms with Gasteiger partial charge in [0.05, 0.1) is 23.4 Å². The zero-order valence-electron chi connectivity index (χ0n) is 14.3. The minimum absolute atomic E-state index is 0.117. The van der Waals surface area contributed by atoms with E-state index < -0.39 is 0 Å². The third-order valence-electron chi connectivity index (χ3n) is 4.07. The third-order valence-corrected chi connectivity index (χ3v) is 6.33. The number of rotatable bonds is 3. The van der Waals surface area contributed by atoms with E-state index in [2.05, 4.69) is 9.98 Å². The SMILES string of the molecule is C[C@H]1CSC(N(C(=O)Cn2cnc3sccc3c2=O)c2ccc(Cl)cc2)=N1. The highest BCUT2D eigenvalue weighted by atomic mass is 35.5. The number of carbonyl (C=O) groups is 1. The lowest BCUT2D eigenvalue weighted by molar-refractivity contribution is -0.118. The predicted molar refractivity (Wildman–Crippen MR) is 112 cm³/mol. The van der Waals surface area contributed by atoms with Crippen LogP contribution in [0, 0.1) is 0 Å². The molecule has 6 nitrogen and oxygen atoms in total. The first-order chi connectivity index (χ1) is 13.0. The molecule has 27 heavy (non-hydrogen) atoms. The number of thiophene rings is 1. The van der Waals surface area contributed by atoms with Gasteiger partial charge in [-0.2, -0.15) is 0 Å². The number of halogens is 1. The third kappa shape index (κ3) is 3.65. The number of aliphatic imine (C=N–C) groups is 1. The normalized spacial score (nSPS) is 16.5. The number of hydrogen-bond donors (Lipinski definition) is 0. The Bertz CT molecular complexity index is 1090. The van der Waals surface area contributed by atoms with Gasteiger partial charge in [-0.15, -0.1) is 11.3 Å². The van der Waals surface area contributed by atoms with Gasteiger partial charge in [-0.25, -0.2) is 4.98 Å². The minimum atomic E-state index is -0.254. The molecule has 1 aliphatic rings. The molecule has 1 atom stereocenters. The number of hydrogen-bond acceptors (Lipinski definition) is 6. The second-order valence-corrected chi connectivity index (χ2v) is 8.41. The first-order valence-electron chi connectivity index (χ1n) is 8.24. The Kier molecular flexibility index (Phi) is 5.03. The van der Waals surface area contributed by atoms with Gasteiger partial charge in [0.25, 0.3) is 11.5 Å². The molecule has 0 bridgehead atoms. The first kappa shape index (κ1) is 18.2. The van der Waals surface area contributed by atoms with Crippen molar-refractivity contribution in [1.29, 1.82) is 0 Å². The van der Waals surface area contributed by atoms with Crippen LogP contribution < -0.4 is 10.5 Å². The summed E-state index contributed by atoms with van der Waals surface area (Å²) in [6.45, 7) is 1.89. The van der Waals surface area contributed by atoms with Crippen molar-refractivity contribution in [3.63, 3.8) is 0 Å². The molecule has 1 amide bonds. The maximum atomic E-state index is 13.1. The van der Waals surface area contributed by atoms with Gasteiger partial charge >= 0.3 is 0 Å². The fourth-order valence-corrected chi connectivity index (χ4v) is 4.66. The van der Waals surface area contributed by atoms with E-state index in [0.29, 0.717) is 26.1 Å². The van der Waals surface area contributed by atoms with Crippen LogP contribution in [0.3, 0.4) is 0 Å². The minimum Gasteiger partial charge on any atom is -0.289 e. The molecule has 3 heterocycles. The molecule has 4 rings (SSSR count). The highest BCUT2D eigenvalue weighted by Crippen LogP contribution is 2.27. The molecule has 0 radical (unpaired) electrons. The van der Waals surface area contributed by atoms with Crippen molar-refractivity contribution >= 4 is 61.7 Å². The summed E-state index contributed by atoms with van der Waals surface area (Å²) in [5.74, 6) is 0.561. The number of nitrogens with zero attached hydrogens (tertiary/aromatic N) is 4. The number of benzene rings is 1. The van der Waals surface area contributed by atoms with Crippen molar-refractivity contribution in [2.24, 2.45) is 4.99 Å². The van der Waals surface area contributed by atoms with Crippen LogP contribution in [-0.2, 0) is 11.3 Å². The number of carbonyl (C=O) groups excluding carboxylic acids is 1. The Hall–Kier alpha value is -2.16. The van der Waals surface area contributed by atoms with Gasteiger partial charge in [-0.05, 0) is 42.6 Å². The summed E-state index contributed by atoms with van der Waals surface area (Å²) < 4.78 is 1.34. The van der Waals surface area contributed by atoms with E-state index in [0.717, 1.165) is 5.75 Å². The fraction of sp³-hybridized carbons (Fsp3) is 0.222. The van der Waals surface area contributed by atoms with Crippen LogP contribution in [-0.4, -0.2) is 32.4 Å². The number of aromatic nitrogens is 2. The van der Waals surface area contributed by atoms with Crippen LogP contribution in [0.25, 0.3) is 10.2 Å². The molecule has 138 valence electrons. The van der Waals surface area contributed by atoms with E-state index in [1.54, 1.807) is 35.2 Å². The lowest BCUT2D eigenvalue weighted by Gasteiger charge is -2.22. The summed E-state index contributed by atoms with van der Waals surface area (Å²) in [6.07, 6.45) is 1.42. The van der Waals surface area contributed by atoms with Gasteiger partial charge < -0.3 is 0 Å². The van der Waals surface area contributed by atoms with Gasteiger partial charge in [0.2, 0.25) is 0 Å². The maximum Gasteiger partial charge on any atom is 0.262 e. The van der Waals surface area contributed by atoms with Crippen molar-refractivity contribution in [3.8, 4) is 0 Å². The summed E-state index contributed by atoms with van der Waals surface area (Å²) in [4.78, 5) is 36.8. The molecule has 0 unspecified atom stereocenters. The van der Waals surface area contributed by atoms with Crippen molar-refractivity contribution in [3.05, 3.63) is 57.4 Å². The average molecular weight is 419 g/mol. The Labute approximate surface area is 168 Å². The van der Waals surface area contributed by atoms with Crippen LogP contribution in [0.2, 0.25) is 5.02 Å². The smallest absolute Gasteiger partial charge is 0.262 e. The van der Waals surface area contributed by atoms with Crippen molar-refractivity contribution in [2.45, 2.75) is 19.5 Å². The number of fused-ring (bicyclic) bond motifs is 1. The predicted octanol–water partition coefficient (Wildman–Crippen LogP) is 3.64. The van der Waals surface area contributed by atoms with Crippen molar-refractivity contribution in [1.82, 2.24) is 9.55 Å². The molecule has 0 N–H and O–H groups in total. The summed E-state index contributed by atoms with van der Waals surface area (Å²) in [6, 6.07) is 8.87. The Morgan fingerprint density at radius 2 is 2.11 bits per heavy atom. The molecule has 0 spiro atoms. The van der Waals surface area contributed by atoms with E-state index in [-0.39, 0.29) is 24.1 Å². The monoisotopic (exact) mass is 418 g/mol. The van der Waals surface area contributed by atoms with E-state index >= 15 is 0 Å². The van der Waals surface area contributed by atoms with Crippen molar-refractivity contribution < 1.29 is 4.79 Å². The zero-order chi connectivity index (χ0) is 19.0. The molecular weight excluding hydrogens is 404 g/mol. The maximum absolute atomic E-state index is 13.1. The standard InChI is InChI=1S/C18H15ClN4O2S2/c1-11-9-27-18(21-11)23(13-4-2-12(19)3-5-13)15(24)8-22-10-20-16-14(17(22)25)6-7-26-16/h2-7,10-11H,8-9H2,1H3/t11-/m0/s1. The van der Waals surface area contributed by atoms with Crippen LogP contribution in [0.4, 0.5) is 5.69 Å². The largest absolute Gasteiger partial charge is 0.289 e. The van der Waals surface area contributed by atoms with Crippen molar-refractivity contribution in [2.75, 3.05) is 10.7 Å². The van der Waals surface area contributed by atoms with E-state index in [1.165, 1.54) is 34.0 Å². The van der Waals surface area contributed by atoms with Gasteiger partial charge in [0.1, 0.15) is 11.4 Å². The fourth-order valence-electron chi connectivity index (χ4n) is 2.75. The quantitative estimate of drug-likeness (QED) is 0.651. The van der Waals surface area contributed by atoms with Gasteiger partial charge in [-0.1, -0.05) is 23.4 Å². The Morgan fingerprint density at radius 3 is 2.81 bits per heavy atom. The number of amides is 1. The van der Waals surface area contributed by atoms with Gasteiger partial charge in [-0.3, -0.25) is 24.0 Å². The molecule has 0 fully saturated rings. The molecule has 9 heteroatoms. The topological polar surface area (TPSA) is 67.6 Å². The Morgan fingerprint density at radius 1 is 1.33 bits per heavy atom. The summed E-state index contributed by atoms with van der Waals surface area (Å²) in [5, 5.41) is 3.56. The highest BCUT2D eigenvalue weighted by molar-refractivity contribution is 8.14. The van der Waals surface area contributed by atoms with Crippen LogP contribution in [0.1, 0.15) is 6.92 Å². The molecule has 2 aromatic heterocycles. The summed E-state index contributed by atoms with van der Waals surface area (Å²) in [5.41, 5.74) is 0.447. The molecule has 0 saturated heterocycles. The molecule has 3 aromatic rings. The van der Waals surface area contributed by atoms with Crippen LogP contribution in [0.15, 0.2) is 51.8 Å². The summed E-state index contributed by atoms with van der Waals surface area (Å²) >= 11 is 8.91. The lowest BCUT2D eigenvalue weighted by atomic mass is 10.3. The summed E-state index contributed by atoms with van der Waals surface area (Å²) in [7, 11) is 0. The Balaban J connectivity index is 1.69.